The van der Waals surface area contributed by atoms with Crippen LogP contribution in [0.25, 0.3) is 10.8 Å². The van der Waals surface area contributed by atoms with E-state index in [1.165, 1.54) is 42.0 Å². The van der Waals surface area contributed by atoms with Crippen molar-refractivity contribution < 1.29 is 4.74 Å². The van der Waals surface area contributed by atoms with E-state index in [2.05, 4.69) is 42.6 Å². The van der Waals surface area contributed by atoms with Crippen molar-refractivity contribution in [1.29, 1.82) is 0 Å². The third-order valence-corrected chi connectivity index (χ3v) is 4.71. The van der Waals surface area contributed by atoms with Gasteiger partial charge in [-0.2, -0.15) is 0 Å². The van der Waals surface area contributed by atoms with Gasteiger partial charge in [-0.3, -0.25) is 0 Å². The van der Waals surface area contributed by atoms with Crippen LogP contribution < -0.4 is 10.1 Å². The Labute approximate surface area is 127 Å². The molecule has 1 fully saturated rings. The Balaban J connectivity index is 1.70. The molecule has 2 nitrogen and oxygen atoms in total. The molecule has 21 heavy (non-hydrogen) atoms. The van der Waals surface area contributed by atoms with Crippen molar-refractivity contribution in [2.75, 3.05) is 13.7 Å². The lowest BCUT2D eigenvalue weighted by atomic mass is 9.97. The number of rotatable bonds is 5. The topological polar surface area (TPSA) is 21.3 Å². The van der Waals surface area contributed by atoms with Crippen molar-refractivity contribution in [2.45, 2.75) is 44.6 Å². The second kappa shape index (κ2) is 6.48. The summed E-state index contributed by atoms with van der Waals surface area (Å²) in [6, 6.07) is 13.8. The van der Waals surface area contributed by atoms with Gasteiger partial charge < -0.3 is 10.1 Å². The van der Waals surface area contributed by atoms with E-state index in [0.29, 0.717) is 5.92 Å². The van der Waals surface area contributed by atoms with Crippen LogP contribution in [0.2, 0.25) is 0 Å². The number of methoxy groups -OCH3 is 1. The fraction of sp³-hybridized carbons (Fsp3) is 0.474. The summed E-state index contributed by atoms with van der Waals surface area (Å²) in [5, 5.41) is 6.26. The summed E-state index contributed by atoms with van der Waals surface area (Å²) in [5.74, 6) is 1.48. The van der Waals surface area contributed by atoms with Crippen LogP contribution >= 0.6 is 0 Å². The number of ether oxygens (including phenoxy) is 1. The van der Waals surface area contributed by atoms with Crippen molar-refractivity contribution in [3.63, 3.8) is 0 Å². The minimum absolute atomic E-state index is 0.553. The summed E-state index contributed by atoms with van der Waals surface area (Å²) in [5.41, 5.74) is 1.41. The number of hydrogen-bond donors (Lipinski definition) is 1. The predicted octanol–water partition coefficient (Wildman–Crippen LogP) is 4.48. The average molecular weight is 283 g/mol. The molecule has 0 saturated heterocycles. The Hall–Kier alpha value is -1.54. The predicted molar refractivity (Wildman–Crippen MR) is 89.2 cm³/mol. The van der Waals surface area contributed by atoms with Crippen LogP contribution in [0.1, 0.15) is 44.1 Å². The van der Waals surface area contributed by atoms with E-state index in [0.717, 1.165) is 18.3 Å². The van der Waals surface area contributed by atoms with E-state index in [-0.39, 0.29) is 0 Å². The summed E-state index contributed by atoms with van der Waals surface area (Å²) in [6.07, 6.45) is 5.49. The maximum Gasteiger partial charge on any atom is 0.119 e. The molecule has 0 aromatic heterocycles. The van der Waals surface area contributed by atoms with E-state index in [1.807, 2.05) is 6.07 Å². The molecule has 2 heteroatoms. The van der Waals surface area contributed by atoms with Crippen LogP contribution in [0.5, 0.6) is 5.75 Å². The van der Waals surface area contributed by atoms with Gasteiger partial charge >= 0.3 is 0 Å². The Bertz CT molecular complexity index is 602. The fourth-order valence-corrected chi connectivity index (χ4v) is 3.27. The molecule has 2 aromatic carbocycles. The van der Waals surface area contributed by atoms with Crippen LogP contribution in [0, 0.1) is 0 Å². The zero-order valence-corrected chi connectivity index (χ0v) is 13.1. The molecule has 0 bridgehead atoms. The highest BCUT2D eigenvalue weighted by molar-refractivity contribution is 5.84. The van der Waals surface area contributed by atoms with Gasteiger partial charge in [-0.25, -0.2) is 0 Å². The summed E-state index contributed by atoms with van der Waals surface area (Å²) in [7, 11) is 1.71. The average Bonchev–Trinajstić information content (AvgIpc) is 3.05. The van der Waals surface area contributed by atoms with E-state index >= 15 is 0 Å². The zero-order valence-electron chi connectivity index (χ0n) is 13.1. The normalized spacial score (nSPS) is 17.2. The monoisotopic (exact) mass is 283 g/mol. The van der Waals surface area contributed by atoms with Gasteiger partial charge in [0, 0.05) is 12.6 Å². The van der Waals surface area contributed by atoms with Gasteiger partial charge in [0.15, 0.2) is 0 Å². The van der Waals surface area contributed by atoms with Crippen LogP contribution in [-0.4, -0.2) is 19.7 Å². The smallest absolute Gasteiger partial charge is 0.119 e. The van der Waals surface area contributed by atoms with Crippen molar-refractivity contribution in [3.05, 3.63) is 42.0 Å². The van der Waals surface area contributed by atoms with Crippen molar-refractivity contribution >= 4 is 10.8 Å². The molecule has 1 aliphatic carbocycles. The molecule has 2 aromatic rings. The Morgan fingerprint density at radius 2 is 1.81 bits per heavy atom. The highest BCUT2D eigenvalue weighted by atomic mass is 16.5. The second-order valence-electron chi connectivity index (χ2n) is 6.26. The van der Waals surface area contributed by atoms with Crippen LogP contribution in [0.4, 0.5) is 0 Å². The quantitative estimate of drug-likeness (QED) is 0.873. The molecular weight excluding hydrogens is 258 g/mol. The first-order chi connectivity index (χ1) is 10.3. The number of nitrogens with one attached hydrogen (secondary N) is 1. The van der Waals surface area contributed by atoms with Gasteiger partial charge in [-0.05, 0) is 47.2 Å². The maximum absolute atomic E-state index is 5.29. The number of fused-ring (bicyclic) bond motifs is 1. The Morgan fingerprint density at radius 1 is 1.10 bits per heavy atom. The van der Waals surface area contributed by atoms with E-state index in [9.17, 15) is 0 Å². The molecule has 1 aliphatic rings. The zero-order chi connectivity index (χ0) is 14.7. The van der Waals surface area contributed by atoms with Crippen LogP contribution in [0.3, 0.4) is 0 Å². The summed E-state index contributed by atoms with van der Waals surface area (Å²) >= 11 is 0. The van der Waals surface area contributed by atoms with Gasteiger partial charge in [-0.1, -0.05) is 44.0 Å². The van der Waals surface area contributed by atoms with Gasteiger partial charge in [0.2, 0.25) is 0 Å². The third kappa shape index (κ3) is 3.38. The van der Waals surface area contributed by atoms with Crippen molar-refractivity contribution in [2.24, 2.45) is 0 Å². The molecule has 112 valence electrons. The lowest BCUT2D eigenvalue weighted by molar-refractivity contribution is 0.415. The van der Waals surface area contributed by atoms with E-state index in [1.54, 1.807) is 7.11 Å². The molecule has 1 unspecified atom stereocenters. The molecule has 0 radical (unpaired) electrons. The standard InChI is InChI=1S/C19H25NO/c1-14(13-20-18-5-3-4-6-18)15-7-8-17-12-19(21-2)10-9-16(17)11-15/h7-12,14,18,20H,3-6,13H2,1-2H3. The van der Waals surface area contributed by atoms with Crippen LogP contribution in [0.15, 0.2) is 36.4 Å². The molecule has 3 rings (SSSR count). The van der Waals surface area contributed by atoms with Crippen molar-refractivity contribution in [1.82, 2.24) is 5.32 Å². The van der Waals surface area contributed by atoms with Gasteiger partial charge in [0.1, 0.15) is 5.75 Å². The summed E-state index contributed by atoms with van der Waals surface area (Å²) in [4.78, 5) is 0. The first-order valence-electron chi connectivity index (χ1n) is 8.07. The van der Waals surface area contributed by atoms with Crippen molar-refractivity contribution in [3.8, 4) is 5.75 Å². The maximum atomic E-state index is 5.29. The molecule has 1 saturated carbocycles. The number of benzene rings is 2. The summed E-state index contributed by atoms with van der Waals surface area (Å²) in [6.45, 7) is 3.39. The van der Waals surface area contributed by atoms with E-state index in [4.69, 9.17) is 4.74 Å². The minimum Gasteiger partial charge on any atom is -0.497 e. The molecule has 1 N–H and O–H groups in total. The molecule has 1 atom stereocenters. The molecule has 0 aliphatic heterocycles. The lowest BCUT2D eigenvalue weighted by Crippen LogP contribution is -2.29. The Kier molecular flexibility index (Phi) is 4.45. The molecule has 0 heterocycles. The third-order valence-electron chi connectivity index (χ3n) is 4.71. The highest BCUT2D eigenvalue weighted by Crippen LogP contribution is 2.25. The SMILES string of the molecule is COc1ccc2cc(C(C)CNC3CCCC3)ccc2c1. The Morgan fingerprint density at radius 3 is 2.57 bits per heavy atom. The highest BCUT2D eigenvalue weighted by Gasteiger charge is 2.15. The first kappa shape index (κ1) is 14.4. The fourth-order valence-electron chi connectivity index (χ4n) is 3.27. The molecule has 0 spiro atoms. The largest absolute Gasteiger partial charge is 0.497 e. The van der Waals surface area contributed by atoms with Gasteiger partial charge in [0.05, 0.1) is 7.11 Å². The summed E-state index contributed by atoms with van der Waals surface area (Å²) < 4.78 is 5.29. The molecular formula is C19H25NO. The first-order valence-corrected chi connectivity index (χ1v) is 8.07. The minimum atomic E-state index is 0.553. The van der Waals surface area contributed by atoms with Crippen LogP contribution in [-0.2, 0) is 0 Å². The molecule has 0 amide bonds. The van der Waals surface area contributed by atoms with E-state index < -0.39 is 0 Å². The van der Waals surface area contributed by atoms with Gasteiger partial charge in [-0.15, -0.1) is 0 Å². The number of hydrogen-bond acceptors (Lipinski definition) is 2. The van der Waals surface area contributed by atoms with Gasteiger partial charge in [0.25, 0.3) is 0 Å². The second-order valence-corrected chi connectivity index (χ2v) is 6.26. The lowest BCUT2D eigenvalue weighted by Gasteiger charge is -2.17.